The molecule has 0 aliphatic carbocycles. The van der Waals surface area contributed by atoms with Crippen LogP contribution in [0.1, 0.15) is 27.2 Å². The van der Waals surface area contributed by atoms with Crippen LogP contribution in [-0.4, -0.2) is 19.2 Å². The van der Waals surface area contributed by atoms with E-state index in [0.29, 0.717) is 34.3 Å². The number of hydrazone groups is 1. The van der Waals surface area contributed by atoms with Crippen LogP contribution in [0.3, 0.4) is 0 Å². The highest BCUT2D eigenvalue weighted by Gasteiger charge is 2.14. The Morgan fingerprint density at radius 3 is 2.72 bits per heavy atom. The van der Waals surface area contributed by atoms with E-state index in [9.17, 15) is 4.79 Å². The Bertz CT molecular complexity index is 1610. The zero-order valence-electron chi connectivity index (χ0n) is 19.7. The van der Waals surface area contributed by atoms with E-state index in [4.69, 9.17) is 25.5 Å². The van der Waals surface area contributed by atoms with Gasteiger partial charge in [0.1, 0.15) is 12.2 Å². The minimum absolute atomic E-state index is 0.175. The lowest BCUT2D eigenvalue weighted by molar-refractivity contribution is 0.0929. The van der Waals surface area contributed by atoms with Gasteiger partial charge in [-0.05, 0) is 53.1 Å². The van der Waals surface area contributed by atoms with Crippen LogP contribution >= 0.6 is 11.6 Å². The van der Waals surface area contributed by atoms with Gasteiger partial charge in [-0.3, -0.25) is 4.79 Å². The van der Waals surface area contributed by atoms with Gasteiger partial charge in [0.2, 0.25) is 0 Å². The van der Waals surface area contributed by atoms with Crippen molar-refractivity contribution in [3.63, 3.8) is 0 Å². The van der Waals surface area contributed by atoms with E-state index < -0.39 is 5.91 Å². The molecule has 1 aromatic heterocycles. The van der Waals surface area contributed by atoms with Gasteiger partial charge in [0.25, 0.3) is 0 Å². The highest BCUT2D eigenvalue weighted by Crippen LogP contribution is 2.36. The summed E-state index contributed by atoms with van der Waals surface area (Å²) in [5.74, 6) is 0.625. The molecule has 0 radical (unpaired) electrons. The zero-order valence-corrected chi connectivity index (χ0v) is 20.5. The predicted molar refractivity (Wildman–Crippen MR) is 142 cm³/mol. The molecule has 0 saturated carbocycles. The number of rotatable bonds is 7. The Balaban J connectivity index is 1.29. The van der Waals surface area contributed by atoms with Crippen molar-refractivity contribution in [1.29, 1.82) is 0 Å². The van der Waals surface area contributed by atoms with Gasteiger partial charge in [-0.25, -0.2) is 5.43 Å². The zero-order chi connectivity index (χ0) is 25.1. The normalized spacial score (nSPS) is 11.3. The van der Waals surface area contributed by atoms with Gasteiger partial charge in [-0.15, -0.1) is 0 Å². The van der Waals surface area contributed by atoms with Crippen LogP contribution in [0, 0.1) is 6.92 Å². The van der Waals surface area contributed by atoms with E-state index in [1.54, 1.807) is 25.3 Å². The first-order valence-corrected chi connectivity index (χ1v) is 11.7. The van der Waals surface area contributed by atoms with Gasteiger partial charge in [0, 0.05) is 5.39 Å². The SMILES string of the molecule is COc1cc(/C=N\NC(=O)c2cc3c(ccc4ccccc43)o2)cc(Cl)c1OCc1cccc(C)c1. The molecule has 1 amide bonds. The molecule has 0 aliphatic heterocycles. The van der Waals surface area contributed by atoms with Crippen molar-refractivity contribution in [3.8, 4) is 11.5 Å². The Hall–Kier alpha value is -4.29. The molecule has 0 atom stereocenters. The van der Waals surface area contributed by atoms with Gasteiger partial charge in [-0.1, -0.05) is 71.8 Å². The van der Waals surface area contributed by atoms with Crippen molar-refractivity contribution in [2.24, 2.45) is 5.10 Å². The summed E-state index contributed by atoms with van der Waals surface area (Å²) in [6.45, 7) is 2.38. The van der Waals surface area contributed by atoms with Crippen molar-refractivity contribution in [1.82, 2.24) is 5.43 Å². The molecule has 0 aliphatic rings. The summed E-state index contributed by atoms with van der Waals surface area (Å²) in [6, 6.07) is 25.0. The smallest absolute Gasteiger partial charge is 0.307 e. The lowest BCUT2D eigenvalue weighted by Crippen LogP contribution is -2.16. The Kier molecular flexibility index (Phi) is 6.60. The van der Waals surface area contributed by atoms with Gasteiger partial charge in [0.05, 0.1) is 18.3 Å². The first-order chi connectivity index (χ1) is 17.5. The van der Waals surface area contributed by atoms with E-state index >= 15 is 0 Å². The van der Waals surface area contributed by atoms with Crippen molar-refractivity contribution in [2.45, 2.75) is 13.5 Å². The minimum Gasteiger partial charge on any atom is -0.493 e. The lowest BCUT2D eigenvalue weighted by Gasteiger charge is -2.13. The molecule has 36 heavy (non-hydrogen) atoms. The number of carbonyl (C=O) groups excluding carboxylic acids is 1. The summed E-state index contributed by atoms with van der Waals surface area (Å²) in [6.07, 6.45) is 1.48. The summed E-state index contributed by atoms with van der Waals surface area (Å²) in [5.41, 5.74) is 5.96. The molecule has 7 heteroatoms. The molecule has 6 nitrogen and oxygen atoms in total. The van der Waals surface area contributed by atoms with Crippen LogP contribution in [0.2, 0.25) is 5.02 Å². The monoisotopic (exact) mass is 498 g/mol. The second-order valence-electron chi connectivity index (χ2n) is 8.32. The average molecular weight is 499 g/mol. The van der Waals surface area contributed by atoms with Gasteiger partial charge in [0.15, 0.2) is 17.3 Å². The van der Waals surface area contributed by atoms with E-state index in [1.165, 1.54) is 6.21 Å². The van der Waals surface area contributed by atoms with Crippen LogP contribution in [0.15, 0.2) is 88.4 Å². The first kappa shape index (κ1) is 23.5. The molecule has 0 fully saturated rings. The fourth-order valence-corrected chi connectivity index (χ4v) is 4.31. The van der Waals surface area contributed by atoms with Crippen molar-refractivity contribution >= 4 is 45.5 Å². The molecule has 1 N–H and O–H groups in total. The van der Waals surface area contributed by atoms with Crippen molar-refractivity contribution in [2.75, 3.05) is 7.11 Å². The standard InChI is InChI=1S/C29H23ClN2O4/c1-18-6-5-7-19(12-18)17-35-28-24(30)13-20(14-26(28)34-2)16-31-32-29(33)27-15-23-22-9-4-3-8-21(22)10-11-25(23)36-27/h3-16H,17H2,1-2H3,(H,32,33)/b31-16-. The molecule has 0 saturated heterocycles. The van der Waals surface area contributed by atoms with Crippen molar-refractivity contribution < 1.29 is 18.7 Å². The Morgan fingerprint density at radius 2 is 1.89 bits per heavy atom. The average Bonchev–Trinajstić information content (AvgIpc) is 3.33. The number of nitrogens with one attached hydrogen (secondary N) is 1. The van der Waals surface area contributed by atoms with Crippen LogP contribution in [0.25, 0.3) is 21.7 Å². The number of methoxy groups -OCH3 is 1. The molecule has 4 aromatic carbocycles. The van der Waals surface area contributed by atoms with Crippen molar-refractivity contribution in [3.05, 3.63) is 106 Å². The Morgan fingerprint density at radius 1 is 1.03 bits per heavy atom. The molecule has 5 rings (SSSR count). The number of aryl methyl sites for hydroxylation is 1. The Labute approximate surface area is 213 Å². The molecular weight excluding hydrogens is 476 g/mol. The van der Waals surface area contributed by atoms with E-state index in [2.05, 4.69) is 16.6 Å². The maximum absolute atomic E-state index is 12.6. The second-order valence-corrected chi connectivity index (χ2v) is 8.73. The number of carbonyl (C=O) groups is 1. The van der Waals surface area contributed by atoms with Gasteiger partial charge >= 0.3 is 5.91 Å². The molecular formula is C29H23ClN2O4. The highest BCUT2D eigenvalue weighted by molar-refractivity contribution is 6.32. The van der Waals surface area contributed by atoms with Gasteiger partial charge in [-0.2, -0.15) is 5.10 Å². The number of hydrogen-bond donors (Lipinski definition) is 1. The second kappa shape index (κ2) is 10.1. The summed E-state index contributed by atoms with van der Waals surface area (Å²) in [4.78, 5) is 12.6. The number of nitrogens with zero attached hydrogens (tertiary/aromatic N) is 1. The number of halogens is 1. The quantitative estimate of drug-likeness (QED) is 0.196. The number of furan rings is 1. The lowest BCUT2D eigenvalue weighted by atomic mass is 10.1. The maximum Gasteiger partial charge on any atom is 0.307 e. The van der Waals surface area contributed by atoms with E-state index in [-0.39, 0.29) is 5.76 Å². The third-order valence-corrected chi connectivity index (χ3v) is 6.03. The molecule has 0 unspecified atom stereocenters. The van der Waals surface area contributed by atoms with Crippen LogP contribution in [0.5, 0.6) is 11.5 Å². The van der Waals surface area contributed by atoms with Crippen LogP contribution in [-0.2, 0) is 6.61 Å². The highest BCUT2D eigenvalue weighted by atomic mass is 35.5. The summed E-state index contributed by atoms with van der Waals surface area (Å²) in [7, 11) is 1.54. The third kappa shape index (κ3) is 4.90. The molecule has 1 heterocycles. The largest absolute Gasteiger partial charge is 0.493 e. The number of hydrogen-bond acceptors (Lipinski definition) is 5. The number of amides is 1. The maximum atomic E-state index is 12.6. The minimum atomic E-state index is -0.456. The van der Waals surface area contributed by atoms with E-state index in [1.807, 2.05) is 61.5 Å². The van der Waals surface area contributed by atoms with E-state index in [0.717, 1.165) is 27.3 Å². The molecule has 0 bridgehead atoms. The van der Waals surface area contributed by atoms with Crippen LogP contribution in [0.4, 0.5) is 0 Å². The fraction of sp³-hybridized carbons (Fsp3) is 0.103. The summed E-state index contributed by atoms with van der Waals surface area (Å²) in [5, 5.41) is 7.41. The van der Waals surface area contributed by atoms with Crippen LogP contribution < -0.4 is 14.9 Å². The number of ether oxygens (including phenoxy) is 2. The molecule has 180 valence electrons. The first-order valence-electron chi connectivity index (χ1n) is 11.3. The fourth-order valence-electron chi connectivity index (χ4n) is 4.04. The molecule has 5 aromatic rings. The third-order valence-electron chi connectivity index (χ3n) is 5.75. The predicted octanol–water partition coefficient (Wildman–Crippen LogP) is 6.90. The topological polar surface area (TPSA) is 73.1 Å². The number of benzene rings is 4. The number of fused-ring (bicyclic) bond motifs is 3. The van der Waals surface area contributed by atoms with Gasteiger partial charge < -0.3 is 13.9 Å². The molecule has 0 spiro atoms. The summed E-state index contributed by atoms with van der Waals surface area (Å²) < 4.78 is 17.1. The summed E-state index contributed by atoms with van der Waals surface area (Å²) >= 11 is 6.47.